The maximum absolute atomic E-state index is 12.9. The lowest BCUT2D eigenvalue weighted by Crippen LogP contribution is -2.26. The third-order valence-electron chi connectivity index (χ3n) is 5.54. The summed E-state index contributed by atoms with van der Waals surface area (Å²) in [6.45, 7) is 2.37. The lowest BCUT2D eigenvalue weighted by atomic mass is 10.2. The van der Waals surface area contributed by atoms with Gasteiger partial charge in [-0.1, -0.05) is 54.7 Å². The Hall–Kier alpha value is -3.07. The summed E-state index contributed by atoms with van der Waals surface area (Å²) in [5.41, 5.74) is 3.49. The minimum atomic E-state index is -3.68. The van der Waals surface area contributed by atoms with Crippen LogP contribution < -0.4 is 4.80 Å². The van der Waals surface area contributed by atoms with Crippen molar-refractivity contribution in [3.05, 3.63) is 94.3 Å². The number of rotatable bonds is 6. The fraction of sp³-hybridized carbons (Fsp3) is 0.200. The van der Waals surface area contributed by atoms with E-state index < -0.39 is 15.9 Å². The number of thiazole rings is 1. The number of amides is 1. The maximum atomic E-state index is 12.9. The minimum absolute atomic E-state index is 0.136. The van der Waals surface area contributed by atoms with Crippen molar-refractivity contribution >= 4 is 37.5 Å². The van der Waals surface area contributed by atoms with Crippen LogP contribution >= 0.6 is 11.3 Å². The van der Waals surface area contributed by atoms with Gasteiger partial charge in [0.25, 0.3) is 5.91 Å². The number of hydrogen-bond donors (Lipinski definition) is 0. The molecule has 0 spiro atoms. The first-order valence-corrected chi connectivity index (χ1v) is 12.8. The fourth-order valence-electron chi connectivity index (χ4n) is 3.53. The number of carbonyl (C=O) groups is 1. The van der Waals surface area contributed by atoms with Crippen molar-refractivity contribution in [2.24, 2.45) is 12.0 Å². The molecule has 6 nitrogen and oxygen atoms in total. The van der Waals surface area contributed by atoms with Crippen LogP contribution in [-0.2, 0) is 30.0 Å². The molecule has 1 heterocycles. The van der Waals surface area contributed by atoms with E-state index in [2.05, 4.69) is 24.0 Å². The molecule has 0 aliphatic rings. The quantitative estimate of drug-likeness (QED) is 0.412. The Bertz CT molecular complexity index is 1470. The Morgan fingerprint density at radius 1 is 1.00 bits per heavy atom. The average Bonchev–Trinajstić information content (AvgIpc) is 3.13. The molecule has 170 valence electrons. The molecular weight excluding hydrogens is 454 g/mol. The van der Waals surface area contributed by atoms with Crippen LogP contribution in [0.1, 0.15) is 28.4 Å². The molecule has 0 saturated carbocycles. The highest BCUT2D eigenvalue weighted by atomic mass is 32.2. The van der Waals surface area contributed by atoms with Crippen molar-refractivity contribution in [2.75, 3.05) is 7.05 Å². The van der Waals surface area contributed by atoms with Crippen molar-refractivity contribution < 1.29 is 13.2 Å². The van der Waals surface area contributed by atoms with E-state index in [0.717, 1.165) is 22.2 Å². The monoisotopic (exact) mass is 479 g/mol. The average molecular weight is 480 g/mol. The van der Waals surface area contributed by atoms with Crippen LogP contribution in [0.15, 0.2) is 82.7 Å². The normalized spacial score (nSPS) is 12.5. The van der Waals surface area contributed by atoms with Crippen molar-refractivity contribution in [1.29, 1.82) is 0 Å². The smallest absolute Gasteiger partial charge is 0.279 e. The molecule has 8 heteroatoms. The fourth-order valence-corrected chi connectivity index (χ4v) is 5.77. The molecule has 0 saturated heterocycles. The van der Waals surface area contributed by atoms with Crippen LogP contribution in [-0.4, -0.2) is 30.2 Å². The van der Waals surface area contributed by atoms with E-state index >= 15 is 0 Å². The summed E-state index contributed by atoms with van der Waals surface area (Å²) in [7, 11) is -0.252. The van der Waals surface area contributed by atoms with Gasteiger partial charge in [0.05, 0.1) is 15.1 Å². The molecule has 0 bridgehead atoms. The largest absolute Gasteiger partial charge is 0.319 e. The number of fused-ring (bicyclic) bond motifs is 1. The molecular formula is C25H25N3O3S2. The molecule has 0 aliphatic heterocycles. The Morgan fingerprint density at radius 2 is 1.70 bits per heavy atom. The van der Waals surface area contributed by atoms with Gasteiger partial charge in [0.2, 0.25) is 10.0 Å². The highest BCUT2D eigenvalue weighted by Crippen LogP contribution is 2.20. The Morgan fingerprint density at radius 3 is 2.36 bits per heavy atom. The molecule has 1 aromatic heterocycles. The van der Waals surface area contributed by atoms with Crippen molar-refractivity contribution in [3.8, 4) is 0 Å². The molecule has 33 heavy (non-hydrogen) atoms. The number of aromatic nitrogens is 1. The predicted molar refractivity (Wildman–Crippen MR) is 132 cm³/mol. The summed E-state index contributed by atoms with van der Waals surface area (Å²) in [4.78, 5) is 17.8. The second-order valence-corrected chi connectivity index (χ2v) is 10.8. The molecule has 0 unspecified atom stereocenters. The first-order valence-electron chi connectivity index (χ1n) is 10.6. The topological polar surface area (TPSA) is 71.7 Å². The van der Waals surface area contributed by atoms with Gasteiger partial charge < -0.3 is 4.57 Å². The summed E-state index contributed by atoms with van der Waals surface area (Å²) in [5, 5.41) is 0. The van der Waals surface area contributed by atoms with Gasteiger partial charge in [-0.25, -0.2) is 8.42 Å². The van der Waals surface area contributed by atoms with Gasteiger partial charge in [-0.15, -0.1) is 0 Å². The van der Waals surface area contributed by atoms with Crippen molar-refractivity contribution in [2.45, 2.75) is 24.8 Å². The van der Waals surface area contributed by atoms with E-state index in [4.69, 9.17) is 0 Å². The zero-order chi connectivity index (χ0) is 23.6. The van der Waals surface area contributed by atoms with Gasteiger partial charge in [-0.05, 0) is 53.9 Å². The predicted octanol–water partition coefficient (Wildman–Crippen LogP) is 4.36. The molecule has 0 atom stereocenters. The van der Waals surface area contributed by atoms with E-state index in [1.165, 1.54) is 45.5 Å². The number of hydrogen-bond acceptors (Lipinski definition) is 4. The Kier molecular flexibility index (Phi) is 6.60. The summed E-state index contributed by atoms with van der Waals surface area (Å²) >= 11 is 1.46. The molecule has 0 aliphatic carbocycles. The zero-order valence-electron chi connectivity index (χ0n) is 18.7. The lowest BCUT2D eigenvalue weighted by molar-refractivity contribution is 0.0998. The van der Waals surface area contributed by atoms with Gasteiger partial charge in [0.1, 0.15) is 0 Å². The lowest BCUT2D eigenvalue weighted by Gasteiger charge is -2.17. The van der Waals surface area contributed by atoms with Gasteiger partial charge in [0, 0.05) is 26.2 Å². The number of sulfonamides is 1. The van der Waals surface area contributed by atoms with Crippen LogP contribution in [0.25, 0.3) is 10.2 Å². The van der Waals surface area contributed by atoms with E-state index in [9.17, 15) is 13.2 Å². The first kappa shape index (κ1) is 23.1. The number of carbonyl (C=O) groups excluding carboxylic acids is 1. The Labute approximate surface area is 197 Å². The molecule has 1 amide bonds. The Balaban J connectivity index is 1.57. The number of nitrogens with zero attached hydrogens (tertiary/aromatic N) is 3. The van der Waals surface area contributed by atoms with Crippen LogP contribution in [0.5, 0.6) is 0 Å². The molecule has 4 aromatic rings. The SMILES string of the molecule is CCc1ccc2c(c1)sc(=NC(=O)c1ccc(S(=O)(=O)N(C)Cc3ccccc3)cc1)n2C. The summed E-state index contributed by atoms with van der Waals surface area (Å²) < 4.78 is 30.1. The second kappa shape index (κ2) is 9.43. The standard InChI is InChI=1S/C25H25N3O3S2/c1-4-18-10-15-22-23(16-18)32-25(28(22)3)26-24(29)20-11-13-21(14-12-20)33(30,31)27(2)17-19-8-6-5-7-9-19/h5-16H,4,17H2,1-3H3. The molecule has 0 fully saturated rings. The minimum Gasteiger partial charge on any atom is -0.319 e. The summed E-state index contributed by atoms with van der Waals surface area (Å²) in [6.07, 6.45) is 0.943. The molecule has 0 radical (unpaired) electrons. The highest BCUT2D eigenvalue weighted by molar-refractivity contribution is 7.89. The van der Waals surface area contributed by atoms with Crippen molar-refractivity contribution in [1.82, 2.24) is 8.87 Å². The van der Waals surface area contributed by atoms with Gasteiger partial charge in [0.15, 0.2) is 4.80 Å². The van der Waals surface area contributed by atoms with Gasteiger partial charge in [-0.2, -0.15) is 9.30 Å². The molecule has 4 rings (SSSR count). The summed E-state index contributed by atoms with van der Waals surface area (Å²) in [6, 6.07) is 21.6. The number of benzene rings is 3. The molecule has 0 N–H and O–H groups in total. The third kappa shape index (κ3) is 4.83. The highest BCUT2D eigenvalue weighted by Gasteiger charge is 2.21. The second-order valence-electron chi connectivity index (χ2n) is 7.79. The summed E-state index contributed by atoms with van der Waals surface area (Å²) in [5.74, 6) is -0.408. The van der Waals surface area contributed by atoms with Crippen LogP contribution in [0.3, 0.4) is 0 Å². The van der Waals surface area contributed by atoms with Gasteiger partial charge in [-0.3, -0.25) is 4.79 Å². The molecule has 3 aromatic carbocycles. The van der Waals surface area contributed by atoms with Crippen molar-refractivity contribution in [3.63, 3.8) is 0 Å². The van der Waals surface area contributed by atoms with E-state index in [1.54, 1.807) is 7.05 Å². The van der Waals surface area contributed by atoms with Gasteiger partial charge >= 0.3 is 0 Å². The first-order chi connectivity index (χ1) is 15.8. The van der Waals surface area contributed by atoms with E-state index in [-0.39, 0.29) is 11.4 Å². The van der Waals surface area contributed by atoms with Crippen LogP contribution in [0.2, 0.25) is 0 Å². The number of aryl methyl sites for hydroxylation is 2. The van der Waals surface area contributed by atoms with Crippen LogP contribution in [0.4, 0.5) is 0 Å². The van der Waals surface area contributed by atoms with E-state index in [1.807, 2.05) is 48.0 Å². The van der Waals surface area contributed by atoms with E-state index in [0.29, 0.717) is 10.4 Å². The zero-order valence-corrected chi connectivity index (χ0v) is 20.4. The third-order valence-corrected chi connectivity index (χ3v) is 8.45. The maximum Gasteiger partial charge on any atom is 0.279 e. The van der Waals surface area contributed by atoms with Crippen LogP contribution in [0, 0.1) is 0 Å².